The largest absolute Gasteiger partial charge is 0.481 e. The van der Waals surface area contributed by atoms with Crippen molar-refractivity contribution in [3.8, 4) is 0 Å². The number of carbonyl (C=O) groups excluding carboxylic acids is 1. The smallest absolute Gasteiger partial charge is 0.317 e. The Morgan fingerprint density at radius 1 is 1.21 bits per heavy atom. The molecule has 2 fully saturated rings. The molecule has 0 aliphatic carbocycles. The first-order valence-corrected chi connectivity index (χ1v) is 8.59. The molecule has 2 aliphatic heterocycles. The van der Waals surface area contributed by atoms with Gasteiger partial charge in [0.15, 0.2) is 0 Å². The molecule has 2 N–H and O–H groups in total. The number of likely N-dealkylation sites (tertiary alicyclic amines) is 1. The number of hydrogen-bond donors (Lipinski definition) is 2. The molecule has 2 heterocycles. The zero-order valence-corrected chi connectivity index (χ0v) is 13.7. The van der Waals surface area contributed by atoms with Gasteiger partial charge in [-0.3, -0.25) is 4.79 Å². The molecule has 3 atom stereocenters. The van der Waals surface area contributed by atoms with Crippen LogP contribution in [0.15, 0.2) is 30.3 Å². The lowest BCUT2D eigenvalue weighted by atomic mass is 9.99. The maximum absolute atomic E-state index is 12.2. The molecule has 1 unspecified atom stereocenters. The van der Waals surface area contributed by atoms with Gasteiger partial charge in [0.05, 0.1) is 18.1 Å². The highest BCUT2D eigenvalue weighted by atomic mass is 16.5. The minimum atomic E-state index is -0.822. The fraction of sp³-hybridized carbons (Fsp3) is 0.556. The fourth-order valence-corrected chi connectivity index (χ4v) is 3.44. The van der Waals surface area contributed by atoms with Crippen LogP contribution in [0.5, 0.6) is 0 Å². The molecular formula is C18H24N2O4. The maximum atomic E-state index is 12.2. The van der Waals surface area contributed by atoms with Gasteiger partial charge >= 0.3 is 12.0 Å². The maximum Gasteiger partial charge on any atom is 0.317 e. The first kappa shape index (κ1) is 16.8. The third-order valence-electron chi connectivity index (χ3n) is 4.82. The number of ether oxygens (including phenoxy) is 1. The lowest BCUT2D eigenvalue weighted by Crippen LogP contribution is -2.48. The van der Waals surface area contributed by atoms with Crippen molar-refractivity contribution in [1.29, 1.82) is 0 Å². The summed E-state index contributed by atoms with van der Waals surface area (Å²) >= 11 is 0. The van der Waals surface area contributed by atoms with Crippen LogP contribution in [0.1, 0.15) is 37.4 Å². The zero-order chi connectivity index (χ0) is 16.9. The van der Waals surface area contributed by atoms with Crippen molar-refractivity contribution in [2.75, 3.05) is 19.6 Å². The molecule has 2 saturated heterocycles. The van der Waals surface area contributed by atoms with E-state index in [0.717, 1.165) is 19.3 Å². The number of nitrogens with one attached hydrogen (secondary N) is 1. The van der Waals surface area contributed by atoms with E-state index in [9.17, 15) is 9.59 Å². The van der Waals surface area contributed by atoms with Crippen LogP contribution in [0.3, 0.4) is 0 Å². The molecule has 2 aliphatic rings. The number of amides is 2. The molecule has 0 bridgehead atoms. The van der Waals surface area contributed by atoms with Gasteiger partial charge in [0.25, 0.3) is 0 Å². The first-order chi connectivity index (χ1) is 11.6. The first-order valence-electron chi connectivity index (χ1n) is 8.59. The van der Waals surface area contributed by atoms with Crippen molar-refractivity contribution in [2.45, 2.75) is 37.9 Å². The van der Waals surface area contributed by atoms with Crippen LogP contribution in [0.25, 0.3) is 0 Å². The number of carboxylic acid groups (broad SMARTS) is 1. The topological polar surface area (TPSA) is 78.9 Å². The Hall–Kier alpha value is -2.08. The molecule has 1 aromatic rings. The molecule has 2 amide bonds. The molecule has 3 rings (SSSR count). The molecule has 0 saturated carbocycles. The summed E-state index contributed by atoms with van der Waals surface area (Å²) in [7, 11) is 0. The van der Waals surface area contributed by atoms with E-state index < -0.39 is 11.9 Å². The number of aliphatic carboxylic acids is 1. The van der Waals surface area contributed by atoms with Crippen LogP contribution in [0.4, 0.5) is 4.79 Å². The average molecular weight is 332 g/mol. The van der Waals surface area contributed by atoms with Crippen LogP contribution in [0, 0.1) is 5.92 Å². The van der Waals surface area contributed by atoms with Gasteiger partial charge in [-0.15, -0.1) is 0 Å². The SMILES string of the molecule is O=C(O)C1CCCN(C(=O)NC[C@H]2CC[C@@H](c3ccccc3)O2)C1. The number of piperidine rings is 1. The van der Waals surface area contributed by atoms with Crippen molar-refractivity contribution in [2.24, 2.45) is 5.92 Å². The number of rotatable bonds is 4. The van der Waals surface area contributed by atoms with Crippen molar-refractivity contribution < 1.29 is 19.4 Å². The van der Waals surface area contributed by atoms with Gasteiger partial charge in [-0.2, -0.15) is 0 Å². The summed E-state index contributed by atoms with van der Waals surface area (Å²) in [5, 5.41) is 12.0. The van der Waals surface area contributed by atoms with Gasteiger partial charge in [0, 0.05) is 19.6 Å². The Labute approximate surface area is 141 Å². The lowest BCUT2D eigenvalue weighted by molar-refractivity contribution is -0.143. The molecule has 6 heteroatoms. The fourth-order valence-electron chi connectivity index (χ4n) is 3.44. The van der Waals surface area contributed by atoms with E-state index >= 15 is 0 Å². The van der Waals surface area contributed by atoms with Gasteiger partial charge in [0.1, 0.15) is 0 Å². The third-order valence-corrected chi connectivity index (χ3v) is 4.82. The van der Waals surface area contributed by atoms with Crippen molar-refractivity contribution >= 4 is 12.0 Å². The van der Waals surface area contributed by atoms with Gasteiger partial charge in [0.2, 0.25) is 0 Å². The highest BCUT2D eigenvalue weighted by Crippen LogP contribution is 2.32. The van der Waals surface area contributed by atoms with Crippen LogP contribution < -0.4 is 5.32 Å². The number of carboxylic acids is 1. The predicted molar refractivity (Wildman–Crippen MR) is 88.6 cm³/mol. The number of benzene rings is 1. The van der Waals surface area contributed by atoms with Crippen LogP contribution >= 0.6 is 0 Å². The van der Waals surface area contributed by atoms with E-state index in [0.29, 0.717) is 26.1 Å². The summed E-state index contributed by atoms with van der Waals surface area (Å²) in [6.07, 6.45) is 3.36. The summed E-state index contributed by atoms with van der Waals surface area (Å²) < 4.78 is 6.02. The Balaban J connectivity index is 1.44. The second-order valence-corrected chi connectivity index (χ2v) is 6.54. The van der Waals surface area contributed by atoms with E-state index in [-0.39, 0.29) is 18.2 Å². The van der Waals surface area contributed by atoms with Crippen LogP contribution in [0.2, 0.25) is 0 Å². The van der Waals surface area contributed by atoms with Gasteiger partial charge in [-0.25, -0.2) is 4.79 Å². The summed E-state index contributed by atoms with van der Waals surface area (Å²) in [4.78, 5) is 24.9. The van der Waals surface area contributed by atoms with Crippen LogP contribution in [-0.4, -0.2) is 47.7 Å². The second-order valence-electron chi connectivity index (χ2n) is 6.54. The minimum Gasteiger partial charge on any atom is -0.481 e. The Kier molecular flexibility index (Phi) is 5.35. The lowest BCUT2D eigenvalue weighted by Gasteiger charge is -2.31. The standard InChI is InChI=1S/C18H24N2O4/c21-17(22)14-7-4-10-20(12-14)18(23)19-11-15-8-9-16(24-15)13-5-2-1-3-6-13/h1-3,5-6,14-16H,4,7-12H2,(H,19,23)(H,21,22)/t14?,15-,16+/m1/s1. The molecule has 1 aromatic carbocycles. The number of hydrogen-bond acceptors (Lipinski definition) is 3. The molecule has 24 heavy (non-hydrogen) atoms. The summed E-state index contributed by atoms with van der Waals surface area (Å²) in [6.45, 7) is 1.38. The molecular weight excluding hydrogens is 308 g/mol. The molecule has 0 spiro atoms. The van der Waals surface area contributed by atoms with Crippen molar-refractivity contribution in [3.63, 3.8) is 0 Å². The van der Waals surface area contributed by atoms with E-state index in [2.05, 4.69) is 17.4 Å². The van der Waals surface area contributed by atoms with Crippen molar-refractivity contribution in [3.05, 3.63) is 35.9 Å². The quantitative estimate of drug-likeness (QED) is 0.887. The molecule has 130 valence electrons. The molecule has 0 radical (unpaired) electrons. The van der Waals surface area contributed by atoms with Crippen LogP contribution in [-0.2, 0) is 9.53 Å². The summed E-state index contributed by atoms with van der Waals surface area (Å²) in [6, 6.07) is 9.93. The zero-order valence-electron chi connectivity index (χ0n) is 13.7. The van der Waals surface area contributed by atoms with E-state index in [1.54, 1.807) is 4.90 Å². The van der Waals surface area contributed by atoms with E-state index in [4.69, 9.17) is 9.84 Å². The highest BCUT2D eigenvalue weighted by molar-refractivity contribution is 5.76. The van der Waals surface area contributed by atoms with E-state index in [1.165, 1.54) is 5.56 Å². The molecule has 6 nitrogen and oxygen atoms in total. The monoisotopic (exact) mass is 332 g/mol. The minimum absolute atomic E-state index is 0.0132. The number of carbonyl (C=O) groups is 2. The summed E-state index contributed by atoms with van der Waals surface area (Å²) in [5.41, 5.74) is 1.17. The van der Waals surface area contributed by atoms with Crippen molar-refractivity contribution in [1.82, 2.24) is 10.2 Å². The Morgan fingerprint density at radius 3 is 2.75 bits per heavy atom. The number of nitrogens with zero attached hydrogens (tertiary/aromatic N) is 1. The Morgan fingerprint density at radius 2 is 2.00 bits per heavy atom. The average Bonchev–Trinajstić information content (AvgIpc) is 3.09. The van der Waals surface area contributed by atoms with Gasteiger partial charge < -0.3 is 20.1 Å². The molecule has 0 aromatic heterocycles. The Bertz CT molecular complexity index is 578. The van der Waals surface area contributed by atoms with E-state index in [1.807, 2.05) is 18.2 Å². The summed E-state index contributed by atoms with van der Waals surface area (Å²) in [5.74, 6) is -1.27. The predicted octanol–water partition coefficient (Wildman–Crippen LogP) is 2.41. The normalized spacial score (nSPS) is 27.0. The van der Waals surface area contributed by atoms with Gasteiger partial charge in [-0.05, 0) is 31.2 Å². The highest BCUT2D eigenvalue weighted by Gasteiger charge is 2.30. The van der Waals surface area contributed by atoms with Gasteiger partial charge in [-0.1, -0.05) is 30.3 Å². The second kappa shape index (κ2) is 7.66. The number of urea groups is 1. The third kappa shape index (κ3) is 4.06.